The maximum atomic E-state index is 12.9. The highest BCUT2D eigenvalue weighted by Crippen LogP contribution is 2.45. The molecule has 1 aliphatic heterocycles. The molecule has 118 valence electrons. The predicted octanol–water partition coefficient (Wildman–Crippen LogP) is 4.15. The lowest BCUT2D eigenvalue weighted by molar-refractivity contribution is 0.241. The zero-order valence-electron chi connectivity index (χ0n) is 13.5. The number of fused-ring (bicyclic) bond motifs is 1. The summed E-state index contributed by atoms with van der Waals surface area (Å²) in [5, 5.41) is 3.30. The fraction of sp³-hybridized carbons (Fsp3) is 0.350. The summed E-state index contributed by atoms with van der Waals surface area (Å²) in [6.45, 7) is 2.89. The molecule has 1 aliphatic carbocycles. The molecule has 0 radical (unpaired) electrons. The molecule has 0 unspecified atom stereocenters. The van der Waals surface area contributed by atoms with Gasteiger partial charge in [-0.3, -0.25) is 4.90 Å². The average Bonchev–Trinajstić information content (AvgIpc) is 3.35. The number of amides is 2. The second kappa shape index (κ2) is 5.41. The van der Waals surface area contributed by atoms with Crippen LogP contribution in [-0.2, 0) is 12.0 Å². The van der Waals surface area contributed by atoms with Gasteiger partial charge in [0.05, 0.1) is 5.54 Å². The highest BCUT2D eigenvalue weighted by molar-refractivity contribution is 5.94. The molecule has 1 N–H and O–H groups in total. The number of benzene rings is 2. The minimum absolute atomic E-state index is 0.0372. The molecule has 2 amide bonds. The molecule has 0 spiro atoms. The summed E-state index contributed by atoms with van der Waals surface area (Å²) in [6.07, 6.45) is 4.14. The maximum Gasteiger partial charge on any atom is 0.322 e. The van der Waals surface area contributed by atoms with Crippen molar-refractivity contribution in [2.45, 2.75) is 38.1 Å². The Bertz CT molecular complexity index is 732. The van der Waals surface area contributed by atoms with Crippen molar-refractivity contribution in [2.75, 3.05) is 11.4 Å². The van der Waals surface area contributed by atoms with Gasteiger partial charge in [0.25, 0.3) is 0 Å². The van der Waals surface area contributed by atoms with E-state index in [2.05, 4.69) is 54.7 Å². The molecule has 1 fully saturated rings. The molecule has 2 aromatic carbocycles. The molecule has 3 nitrogen and oxygen atoms in total. The van der Waals surface area contributed by atoms with Crippen LogP contribution in [0.25, 0.3) is 0 Å². The van der Waals surface area contributed by atoms with E-state index in [0.29, 0.717) is 0 Å². The van der Waals surface area contributed by atoms with Gasteiger partial charge in [0.15, 0.2) is 0 Å². The number of para-hydroxylation sites is 1. The summed E-state index contributed by atoms with van der Waals surface area (Å²) in [7, 11) is 0. The highest BCUT2D eigenvalue weighted by Gasteiger charge is 2.46. The Kier molecular flexibility index (Phi) is 3.37. The summed E-state index contributed by atoms with van der Waals surface area (Å²) in [5.74, 6) is 0. The number of aryl methyl sites for hydroxylation is 2. The number of hydrogen-bond acceptors (Lipinski definition) is 1. The van der Waals surface area contributed by atoms with E-state index < -0.39 is 0 Å². The Balaban J connectivity index is 1.56. The minimum Gasteiger partial charge on any atom is -0.328 e. The molecule has 0 saturated heterocycles. The lowest BCUT2D eigenvalue weighted by atomic mass is 10.0. The molecule has 1 heterocycles. The van der Waals surface area contributed by atoms with Crippen LogP contribution in [0.3, 0.4) is 0 Å². The normalized spacial score (nSPS) is 18.2. The van der Waals surface area contributed by atoms with Crippen LogP contribution in [0, 0.1) is 6.92 Å². The number of urea groups is 1. The number of nitrogens with one attached hydrogen (secondary N) is 1. The maximum absolute atomic E-state index is 12.9. The van der Waals surface area contributed by atoms with Gasteiger partial charge in [0.1, 0.15) is 0 Å². The van der Waals surface area contributed by atoms with Gasteiger partial charge in [-0.2, -0.15) is 0 Å². The van der Waals surface area contributed by atoms with E-state index in [1.54, 1.807) is 0 Å². The first-order valence-electron chi connectivity index (χ1n) is 8.43. The molecule has 0 atom stereocenters. The quantitative estimate of drug-likeness (QED) is 0.888. The monoisotopic (exact) mass is 306 g/mol. The van der Waals surface area contributed by atoms with Gasteiger partial charge in [-0.1, -0.05) is 48.0 Å². The van der Waals surface area contributed by atoms with Crippen LogP contribution >= 0.6 is 0 Å². The third kappa shape index (κ3) is 2.61. The largest absolute Gasteiger partial charge is 0.328 e. The number of anilines is 1. The van der Waals surface area contributed by atoms with Crippen molar-refractivity contribution in [1.82, 2.24) is 5.32 Å². The molecule has 23 heavy (non-hydrogen) atoms. The number of rotatable bonds is 2. The van der Waals surface area contributed by atoms with Crippen molar-refractivity contribution in [3.63, 3.8) is 0 Å². The summed E-state index contributed by atoms with van der Waals surface area (Å²) in [5.41, 5.74) is 4.66. The number of carbonyl (C=O) groups excluding carboxylic acids is 1. The Morgan fingerprint density at radius 1 is 1.09 bits per heavy atom. The van der Waals surface area contributed by atoms with Gasteiger partial charge >= 0.3 is 6.03 Å². The van der Waals surface area contributed by atoms with E-state index in [-0.39, 0.29) is 11.6 Å². The minimum atomic E-state index is -0.156. The van der Waals surface area contributed by atoms with Crippen LogP contribution in [0.1, 0.15) is 36.0 Å². The molecule has 0 aromatic heterocycles. The molecule has 2 aromatic rings. The first-order chi connectivity index (χ1) is 11.2. The SMILES string of the molecule is Cc1ccc(C2(NC(=O)N3CCCc4ccccc43)CC2)cc1. The van der Waals surface area contributed by atoms with Crippen LogP contribution in [0.4, 0.5) is 10.5 Å². The van der Waals surface area contributed by atoms with Crippen molar-refractivity contribution < 1.29 is 4.79 Å². The van der Waals surface area contributed by atoms with Crippen molar-refractivity contribution in [2.24, 2.45) is 0 Å². The van der Waals surface area contributed by atoms with Crippen molar-refractivity contribution in [3.8, 4) is 0 Å². The zero-order chi connectivity index (χ0) is 15.9. The van der Waals surface area contributed by atoms with E-state index in [4.69, 9.17) is 0 Å². The molecule has 2 aliphatic rings. The van der Waals surface area contributed by atoms with Gasteiger partial charge < -0.3 is 5.32 Å². The van der Waals surface area contributed by atoms with Crippen LogP contribution in [0.15, 0.2) is 48.5 Å². The summed E-state index contributed by atoms with van der Waals surface area (Å²) < 4.78 is 0. The lowest BCUT2D eigenvalue weighted by Crippen LogP contribution is -2.47. The standard InChI is InChI=1S/C20H22N2O/c1-15-8-10-17(11-9-15)20(12-13-20)21-19(23)22-14-4-6-16-5-2-3-7-18(16)22/h2-3,5,7-11H,4,6,12-14H2,1H3,(H,21,23). The smallest absolute Gasteiger partial charge is 0.322 e. The van der Waals surface area contributed by atoms with Crippen LogP contribution < -0.4 is 10.2 Å². The van der Waals surface area contributed by atoms with Gasteiger partial charge in [-0.15, -0.1) is 0 Å². The second-order valence-electron chi connectivity index (χ2n) is 6.76. The molecular formula is C20H22N2O. The fourth-order valence-electron chi connectivity index (χ4n) is 3.50. The van der Waals surface area contributed by atoms with E-state index in [1.807, 2.05) is 11.0 Å². The first kappa shape index (κ1) is 14.3. The lowest BCUT2D eigenvalue weighted by Gasteiger charge is -2.31. The van der Waals surface area contributed by atoms with E-state index in [0.717, 1.165) is 37.9 Å². The average molecular weight is 306 g/mol. The van der Waals surface area contributed by atoms with Crippen LogP contribution in [0.2, 0.25) is 0 Å². The Hall–Kier alpha value is -2.29. The van der Waals surface area contributed by atoms with Crippen molar-refractivity contribution >= 4 is 11.7 Å². The Morgan fingerprint density at radius 2 is 1.83 bits per heavy atom. The Labute approximate surface area is 137 Å². The fourth-order valence-corrected chi connectivity index (χ4v) is 3.50. The second-order valence-corrected chi connectivity index (χ2v) is 6.76. The number of nitrogens with zero attached hydrogens (tertiary/aromatic N) is 1. The van der Waals surface area contributed by atoms with Crippen LogP contribution in [-0.4, -0.2) is 12.6 Å². The highest BCUT2D eigenvalue weighted by atomic mass is 16.2. The molecule has 0 bridgehead atoms. The number of hydrogen-bond donors (Lipinski definition) is 1. The molecular weight excluding hydrogens is 284 g/mol. The topological polar surface area (TPSA) is 32.3 Å². The third-order valence-corrected chi connectivity index (χ3v) is 5.06. The summed E-state index contributed by atoms with van der Waals surface area (Å²) >= 11 is 0. The molecule has 3 heteroatoms. The van der Waals surface area contributed by atoms with Gasteiger partial charge in [0, 0.05) is 12.2 Å². The van der Waals surface area contributed by atoms with Crippen molar-refractivity contribution in [1.29, 1.82) is 0 Å². The molecule has 4 rings (SSSR count). The molecule has 1 saturated carbocycles. The summed E-state index contributed by atoms with van der Waals surface area (Å²) in [6, 6.07) is 16.8. The van der Waals surface area contributed by atoms with E-state index >= 15 is 0 Å². The van der Waals surface area contributed by atoms with Crippen LogP contribution in [0.5, 0.6) is 0 Å². The predicted molar refractivity (Wildman–Crippen MR) is 92.7 cm³/mol. The van der Waals surface area contributed by atoms with Gasteiger partial charge in [-0.25, -0.2) is 4.79 Å². The first-order valence-corrected chi connectivity index (χ1v) is 8.43. The third-order valence-electron chi connectivity index (χ3n) is 5.06. The van der Waals surface area contributed by atoms with E-state index in [1.165, 1.54) is 16.7 Å². The summed E-state index contributed by atoms with van der Waals surface area (Å²) in [4.78, 5) is 14.8. The van der Waals surface area contributed by atoms with Gasteiger partial charge in [-0.05, 0) is 49.8 Å². The zero-order valence-corrected chi connectivity index (χ0v) is 13.5. The van der Waals surface area contributed by atoms with Gasteiger partial charge in [0.2, 0.25) is 0 Å². The number of carbonyl (C=O) groups is 1. The van der Waals surface area contributed by atoms with Crippen molar-refractivity contribution in [3.05, 3.63) is 65.2 Å². The van der Waals surface area contributed by atoms with E-state index in [9.17, 15) is 4.79 Å². The Morgan fingerprint density at radius 3 is 2.57 bits per heavy atom.